The fraction of sp³-hybridized carbons (Fsp3) is 0.150. The molecule has 1 aromatic heterocycles. The van der Waals surface area contributed by atoms with E-state index in [1.165, 1.54) is 6.07 Å². The molecule has 0 aliphatic heterocycles. The molecule has 3 N–H and O–H groups in total. The summed E-state index contributed by atoms with van der Waals surface area (Å²) in [5.41, 5.74) is 2.11. The van der Waals surface area contributed by atoms with Crippen LogP contribution in [0.2, 0.25) is 0 Å². The Balaban J connectivity index is 1.71. The molecule has 7 heteroatoms. The summed E-state index contributed by atoms with van der Waals surface area (Å²) in [6.07, 6.45) is 3.33. The number of aryl methyl sites for hydroxylation is 1. The molecular weight excluding hydrogens is 344 g/mol. The van der Waals surface area contributed by atoms with Crippen molar-refractivity contribution in [3.63, 3.8) is 0 Å². The number of nitrogens with zero attached hydrogens (tertiary/aromatic N) is 2. The number of aromatic nitrogens is 2. The fourth-order valence-electron chi connectivity index (χ4n) is 2.58. The number of anilines is 2. The van der Waals surface area contributed by atoms with Gasteiger partial charge in [-0.05, 0) is 50.2 Å². The Morgan fingerprint density at radius 3 is 2.52 bits per heavy atom. The number of phenols is 1. The Morgan fingerprint density at radius 2 is 1.81 bits per heavy atom. The third kappa shape index (κ3) is 4.33. The Labute approximate surface area is 156 Å². The number of aromatic hydroxyl groups is 1. The first-order valence-electron chi connectivity index (χ1n) is 8.45. The van der Waals surface area contributed by atoms with Gasteiger partial charge in [-0.15, -0.1) is 0 Å². The van der Waals surface area contributed by atoms with Crippen molar-refractivity contribution in [2.45, 2.75) is 19.9 Å². The smallest absolute Gasteiger partial charge is 0.259 e. The first kappa shape index (κ1) is 18.2. The van der Waals surface area contributed by atoms with Crippen molar-refractivity contribution in [2.24, 2.45) is 0 Å². The van der Waals surface area contributed by atoms with Crippen molar-refractivity contribution >= 4 is 23.2 Å². The van der Waals surface area contributed by atoms with E-state index in [1.54, 1.807) is 66.5 Å². The monoisotopic (exact) mass is 364 g/mol. The summed E-state index contributed by atoms with van der Waals surface area (Å²) in [5, 5.41) is 19.5. The van der Waals surface area contributed by atoms with E-state index in [4.69, 9.17) is 0 Å². The van der Waals surface area contributed by atoms with Gasteiger partial charge in [-0.3, -0.25) is 14.3 Å². The number of hydrogen-bond donors (Lipinski definition) is 3. The lowest BCUT2D eigenvalue weighted by Gasteiger charge is -2.14. The van der Waals surface area contributed by atoms with Gasteiger partial charge in [-0.1, -0.05) is 17.7 Å². The fourth-order valence-corrected chi connectivity index (χ4v) is 2.58. The molecule has 0 radical (unpaired) electrons. The number of benzene rings is 2. The molecule has 2 aromatic carbocycles. The van der Waals surface area contributed by atoms with Crippen LogP contribution in [0.3, 0.4) is 0 Å². The second kappa shape index (κ2) is 7.74. The minimum Gasteiger partial charge on any atom is -0.507 e. The highest BCUT2D eigenvalue weighted by molar-refractivity contribution is 6.06. The normalized spacial score (nSPS) is 11.6. The molecule has 0 fully saturated rings. The van der Waals surface area contributed by atoms with Gasteiger partial charge in [-0.2, -0.15) is 5.10 Å². The van der Waals surface area contributed by atoms with Crippen LogP contribution in [0.4, 0.5) is 11.4 Å². The first-order chi connectivity index (χ1) is 12.9. The van der Waals surface area contributed by atoms with E-state index in [0.29, 0.717) is 11.4 Å². The predicted molar refractivity (Wildman–Crippen MR) is 103 cm³/mol. The van der Waals surface area contributed by atoms with Gasteiger partial charge in [0.05, 0.1) is 5.56 Å². The average molecular weight is 364 g/mol. The number of phenolic OH excluding ortho intramolecular Hbond substituents is 1. The number of hydrogen-bond acceptors (Lipinski definition) is 4. The van der Waals surface area contributed by atoms with Crippen molar-refractivity contribution in [3.8, 4) is 5.75 Å². The average Bonchev–Trinajstić information content (AvgIpc) is 3.18. The Bertz CT molecular complexity index is 967. The standard InChI is InChI=1S/C20H20N4O3/c1-13-7-8-18(25)17(11-13)20(27)23-16-6-3-5-15(12-16)22-19(26)14(2)24-10-4-9-21-24/h3-12,14,25H,1-2H3,(H,22,26)(H,23,27). The molecular formula is C20H20N4O3. The van der Waals surface area contributed by atoms with E-state index in [9.17, 15) is 14.7 Å². The lowest BCUT2D eigenvalue weighted by Crippen LogP contribution is -2.24. The van der Waals surface area contributed by atoms with Crippen LogP contribution in [0.5, 0.6) is 5.75 Å². The molecule has 138 valence electrons. The van der Waals surface area contributed by atoms with Gasteiger partial charge < -0.3 is 15.7 Å². The van der Waals surface area contributed by atoms with Gasteiger partial charge in [-0.25, -0.2) is 0 Å². The van der Waals surface area contributed by atoms with Gasteiger partial charge in [0, 0.05) is 23.8 Å². The van der Waals surface area contributed by atoms with E-state index in [2.05, 4.69) is 15.7 Å². The zero-order valence-electron chi connectivity index (χ0n) is 15.0. The number of nitrogens with one attached hydrogen (secondary N) is 2. The maximum Gasteiger partial charge on any atom is 0.259 e. The van der Waals surface area contributed by atoms with Crippen LogP contribution in [0, 0.1) is 6.92 Å². The molecule has 0 spiro atoms. The third-order valence-corrected chi connectivity index (χ3v) is 4.09. The highest BCUT2D eigenvalue weighted by Crippen LogP contribution is 2.21. The predicted octanol–water partition coefficient (Wildman–Crippen LogP) is 3.35. The second-order valence-electron chi connectivity index (χ2n) is 6.21. The molecule has 1 heterocycles. The highest BCUT2D eigenvalue weighted by Gasteiger charge is 2.16. The van der Waals surface area contributed by atoms with E-state index >= 15 is 0 Å². The van der Waals surface area contributed by atoms with Crippen LogP contribution >= 0.6 is 0 Å². The van der Waals surface area contributed by atoms with E-state index in [1.807, 2.05) is 6.92 Å². The highest BCUT2D eigenvalue weighted by atomic mass is 16.3. The number of amides is 2. The summed E-state index contributed by atoms with van der Waals surface area (Å²) in [7, 11) is 0. The Morgan fingerprint density at radius 1 is 1.07 bits per heavy atom. The summed E-state index contributed by atoms with van der Waals surface area (Å²) in [5.74, 6) is -0.737. The summed E-state index contributed by atoms with van der Waals surface area (Å²) in [6, 6.07) is 12.9. The quantitative estimate of drug-likeness (QED) is 0.647. The molecule has 3 aromatic rings. The zero-order valence-corrected chi connectivity index (χ0v) is 15.0. The van der Waals surface area contributed by atoms with Crippen molar-refractivity contribution in [1.29, 1.82) is 0 Å². The zero-order chi connectivity index (χ0) is 19.4. The lowest BCUT2D eigenvalue weighted by atomic mass is 10.1. The molecule has 0 saturated carbocycles. The Hall–Kier alpha value is -3.61. The van der Waals surface area contributed by atoms with Gasteiger partial charge in [0.1, 0.15) is 11.8 Å². The molecule has 0 saturated heterocycles. The van der Waals surface area contributed by atoms with Gasteiger partial charge in [0.2, 0.25) is 5.91 Å². The molecule has 3 rings (SSSR count). The summed E-state index contributed by atoms with van der Waals surface area (Å²) in [6.45, 7) is 3.58. The lowest BCUT2D eigenvalue weighted by molar-refractivity contribution is -0.119. The maximum absolute atomic E-state index is 12.4. The molecule has 7 nitrogen and oxygen atoms in total. The molecule has 1 atom stereocenters. The van der Waals surface area contributed by atoms with Gasteiger partial charge in [0.15, 0.2) is 0 Å². The number of carbonyl (C=O) groups excluding carboxylic acids is 2. The second-order valence-corrected chi connectivity index (χ2v) is 6.21. The minimum absolute atomic E-state index is 0.0874. The van der Waals surface area contributed by atoms with E-state index in [0.717, 1.165) is 5.56 Å². The van der Waals surface area contributed by atoms with Gasteiger partial charge >= 0.3 is 0 Å². The molecule has 0 aliphatic rings. The van der Waals surface area contributed by atoms with Crippen LogP contribution in [-0.2, 0) is 4.79 Å². The van der Waals surface area contributed by atoms with Crippen LogP contribution in [0.1, 0.15) is 28.9 Å². The van der Waals surface area contributed by atoms with Crippen molar-refractivity contribution in [1.82, 2.24) is 9.78 Å². The largest absolute Gasteiger partial charge is 0.507 e. The number of carbonyl (C=O) groups is 2. The van der Waals surface area contributed by atoms with E-state index in [-0.39, 0.29) is 17.2 Å². The van der Waals surface area contributed by atoms with Gasteiger partial charge in [0.25, 0.3) is 5.91 Å². The summed E-state index contributed by atoms with van der Waals surface area (Å²) >= 11 is 0. The Kier molecular flexibility index (Phi) is 5.21. The van der Waals surface area contributed by atoms with Crippen molar-refractivity contribution in [2.75, 3.05) is 10.6 Å². The van der Waals surface area contributed by atoms with Crippen LogP contribution in [0.15, 0.2) is 60.9 Å². The van der Waals surface area contributed by atoms with Crippen molar-refractivity contribution < 1.29 is 14.7 Å². The third-order valence-electron chi connectivity index (χ3n) is 4.09. The van der Waals surface area contributed by atoms with Crippen LogP contribution < -0.4 is 10.6 Å². The molecule has 2 amide bonds. The number of rotatable bonds is 5. The summed E-state index contributed by atoms with van der Waals surface area (Å²) < 4.78 is 1.56. The van der Waals surface area contributed by atoms with Crippen molar-refractivity contribution in [3.05, 3.63) is 72.1 Å². The summed E-state index contributed by atoms with van der Waals surface area (Å²) in [4.78, 5) is 24.8. The molecule has 0 bridgehead atoms. The molecule has 27 heavy (non-hydrogen) atoms. The van der Waals surface area contributed by atoms with Crippen LogP contribution in [-0.4, -0.2) is 26.7 Å². The molecule has 0 aliphatic carbocycles. The molecule has 1 unspecified atom stereocenters. The first-order valence-corrected chi connectivity index (χ1v) is 8.45. The van der Waals surface area contributed by atoms with Crippen LogP contribution in [0.25, 0.3) is 0 Å². The topological polar surface area (TPSA) is 96.3 Å². The maximum atomic E-state index is 12.4. The SMILES string of the molecule is Cc1ccc(O)c(C(=O)Nc2cccc(NC(=O)C(C)n3cccn3)c2)c1. The van der Waals surface area contributed by atoms with E-state index < -0.39 is 11.9 Å². The minimum atomic E-state index is -0.470.